The number of benzene rings is 1. The number of methoxy groups -OCH3 is 2. The number of carbonyl (C=O) groups excluding carboxylic acids is 1. The molecule has 240 valence electrons. The Balaban J connectivity index is 3.28. The van der Waals surface area contributed by atoms with Crippen molar-refractivity contribution >= 4 is 12.0 Å². The van der Waals surface area contributed by atoms with E-state index in [-0.39, 0.29) is 24.8 Å². The number of hydrogen-bond donors (Lipinski definition) is 3. The summed E-state index contributed by atoms with van der Waals surface area (Å²) in [6, 6.07) is 4.76. The molecule has 13 heteroatoms. The fourth-order valence-corrected chi connectivity index (χ4v) is 4.69. The van der Waals surface area contributed by atoms with E-state index in [1.54, 1.807) is 35.0 Å². The maximum Gasteiger partial charge on any atom is 0.408 e. The first-order chi connectivity index (χ1) is 19.4. The van der Waals surface area contributed by atoms with Crippen molar-refractivity contribution < 1.29 is 43.9 Å². The first-order valence-electron chi connectivity index (χ1n) is 14.0. The average molecular weight is 600 g/mol. The van der Waals surface area contributed by atoms with E-state index in [9.17, 15) is 29.9 Å². The van der Waals surface area contributed by atoms with E-state index in [1.165, 1.54) is 18.7 Å². The molecule has 0 aliphatic heterocycles. The Labute approximate surface area is 248 Å². The van der Waals surface area contributed by atoms with Crippen LogP contribution in [0, 0.1) is 22.0 Å². The second kappa shape index (κ2) is 16.4. The van der Waals surface area contributed by atoms with Crippen LogP contribution in [0.4, 0.5) is 4.79 Å². The highest BCUT2D eigenvalue weighted by molar-refractivity contribution is 5.84. The number of carbonyl (C=O) groups is 2. The SMILES string of the molecule is COCCCOc1cc(C[C@H](C[C@@H]([C@@H](O)CNC(=O)C(C)(C)O[N+](=O)[O-])N(C(=O)O)C(C)(C)C)C(C)C)ccc1OC. The molecule has 42 heavy (non-hydrogen) atoms. The summed E-state index contributed by atoms with van der Waals surface area (Å²) >= 11 is 0. The molecule has 0 aromatic heterocycles. The monoisotopic (exact) mass is 599 g/mol. The maximum atomic E-state index is 12.6. The topological polar surface area (TPSA) is 170 Å². The lowest BCUT2D eigenvalue weighted by Gasteiger charge is -2.43. The molecule has 0 aliphatic carbocycles. The van der Waals surface area contributed by atoms with Gasteiger partial charge in [0.2, 0.25) is 0 Å². The lowest BCUT2D eigenvalue weighted by atomic mass is 9.81. The summed E-state index contributed by atoms with van der Waals surface area (Å²) in [6.45, 7) is 12.4. The zero-order valence-corrected chi connectivity index (χ0v) is 26.3. The second-order valence-electron chi connectivity index (χ2n) is 12.1. The van der Waals surface area contributed by atoms with Gasteiger partial charge in [-0.1, -0.05) is 19.9 Å². The Morgan fingerprint density at radius 1 is 1.10 bits per heavy atom. The first kappa shape index (κ1) is 36.7. The molecule has 0 spiro atoms. The summed E-state index contributed by atoms with van der Waals surface area (Å²) in [6.07, 6.45) is -0.973. The van der Waals surface area contributed by atoms with Gasteiger partial charge in [0.25, 0.3) is 11.0 Å². The van der Waals surface area contributed by atoms with Gasteiger partial charge in [0, 0.05) is 32.2 Å². The number of ether oxygens (including phenoxy) is 3. The maximum absolute atomic E-state index is 12.6. The molecule has 0 unspecified atom stereocenters. The third-order valence-corrected chi connectivity index (χ3v) is 6.99. The Kier molecular flexibility index (Phi) is 14.3. The van der Waals surface area contributed by atoms with Crippen LogP contribution in [0.15, 0.2) is 18.2 Å². The van der Waals surface area contributed by atoms with E-state index < -0.39 is 40.4 Å². The van der Waals surface area contributed by atoms with E-state index in [1.807, 2.05) is 32.0 Å². The first-order valence-corrected chi connectivity index (χ1v) is 14.0. The number of carboxylic acid groups (broad SMARTS) is 1. The molecular formula is C29H49N3O10. The van der Waals surface area contributed by atoms with E-state index >= 15 is 0 Å². The fraction of sp³-hybridized carbons (Fsp3) is 0.724. The molecule has 0 bridgehead atoms. The van der Waals surface area contributed by atoms with Crippen LogP contribution in [0.25, 0.3) is 0 Å². The van der Waals surface area contributed by atoms with Crippen molar-refractivity contribution in [3.63, 3.8) is 0 Å². The van der Waals surface area contributed by atoms with Crippen molar-refractivity contribution in [1.82, 2.24) is 10.2 Å². The zero-order valence-electron chi connectivity index (χ0n) is 26.3. The van der Waals surface area contributed by atoms with Crippen molar-refractivity contribution in [3.8, 4) is 11.5 Å². The number of aliphatic hydroxyl groups excluding tert-OH is 1. The predicted molar refractivity (Wildman–Crippen MR) is 156 cm³/mol. The molecule has 3 atom stereocenters. The van der Waals surface area contributed by atoms with Crippen molar-refractivity contribution in [2.75, 3.05) is 34.0 Å². The average Bonchev–Trinajstić information content (AvgIpc) is 2.86. The normalized spacial score (nSPS) is 14.1. The molecule has 13 nitrogen and oxygen atoms in total. The third-order valence-electron chi connectivity index (χ3n) is 6.99. The van der Waals surface area contributed by atoms with Crippen molar-refractivity contribution in [2.45, 2.75) is 91.0 Å². The molecule has 0 aliphatic rings. The smallest absolute Gasteiger partial charge is 0.408 e. The largest absolute Gasteiger partial charge is 0.493 e. The fourth-order valence-electron chi connectivity index (χ4n) is 4.69. The third kappa shape index (κ3) is 11.5. The summed E-state index contributed by atoms with van der Waals surface area (Å²) in [5.74, 6) is 0.398. The minimum absolute atomic E-state index is 0.0754. The molecule has 0 saturated carbocycles. The van der Waals surface area contributed by atoms with Gasteiger partial charge in [-0.3, -0.25) is 14.5 Å². The molecule has 1 aromatic carbocycles. The van der Waals surface area contributed by atoms with Gasteiger partial charge < -0.3 is 29.7 Å². The van der Waals surface area contributed by atoms with Crippen LogP contribution >= 0.6 is 0 Å². The van der Waals surface area contributed by atoms with Crippen molar-refractivity contribution in [1.29, 1.82) is 0 Å². The van der Waals surface area contributed by atoms with Crippen LogP contribution in [0.1, 0.15) is 66.9 Å². The standard InChI is InChI=1S/C29H49N3O10/c1-19(2)21(15-20-11-12-24(40-9)25(16-20)41-14-10-13-39-8)17-22(31(27(35)36)28(3,4)5)23(33)18-30-26(34)29(6,7)42-32(37)38/h11-12,16,19,21-23,33H,10,13-15,17-18H2,1-9H3,(H,30,34)(H,35,36)/t21-,22+,23+/m1/s1. The lowest BCUT2D eigenvalue weighted by molar-refractivity contribution is -0.774. The predicted octanol–water partition coefficient (Wildman–Crippen LogP) is 3.93. The summed E-state index contributed by atoms with van der Waals surface area (Å²) in [7, 11) is 3.19. The Morgan fingerprint density at radius 2 is 1.74 bits per heavy atom. The summed E-state index contributed by atoms with van der Waals surface area (Å²) in [4.78, 5) is 41.5. The van der Waals surface area contributed by atoms with E-state index in [4.69, 9.17) is 14.2 Å². The van der Waals surface area contributed by atoms with E-state index in [2.05, 4.69) is 10.2 Å². The van der Waals surface area contributed by atoms with Gasteiger partial charge in [-0.25, -0.2) is 4.79 Å². The second-order valence-corrected chi connectivity index (χ2v) is 12.1. The molecular weight excluding hydrogens is 550 g/mol. The molecule has 0 saturated heterocycles. The molecule has 1 rings (SSSR count). The number of aliphatic hydroxyl groups is 1. The highest BCUT2D eigenvalue weighted by Gasteiger charge is 2.40. The van der Waals surface area contributed by atoms with Gasteiger partial charge in [-0.15, -0.1) is 10.1 Å². The summed E-state index contributed by atoms with van der Waals surface area (Å²) in [5, 5.41) is 33.7. The molecule has 0 fully saturated rings. The quantitative estimate of drug-likeness (QED) is 0.128. The molecule has 3 N–H and O–H groups in total. The van der Waals surface area contributed by atoms with Gasteiger partial charge in [0.05, 0.1) is 25.9 Å². The van der Waals surface area contributed by atoms with Gasteiger partial charge >= 0.3 is 6.09 Å². The lowest BCUT2D eigenvalue weighted by Crippen LogP contribution is -2.59. The molecule has 0 heterocycles. The Morgan fingerprint density at radius 3 is 2.24 bits per heavy atom. The van der Waals surface area contributed by atoms with Crippen LogP contribution in [0.3, 0.4) is 0 Å². The van der Waals surface area contributed by atoms with Gasteiger partial charge in [-0.05, 0) is 77.0 Å². The van der Waals surface area contributed by atoms with E-state index in [0.29, 0.717) is 37.6 Å². The van der Waals surface area contributed by atoms with Crippen LogP contribution < -0.4 is 14.8 Å². The number of nitrogens with zero attached hydrogens (tertiary/aromatic N) is 2. The minimum atomic E-state index is -1.80. The molecule has 0 radical (unpaired) electrons. The van der Waals surface area contributed by atoms with Crippen LogP contribution in [-0.2, 0) is 20.8 Å². The van der Waals surface area contributed by atoms with Crippen LogP contribution in [-0.4, -0.2) is 89.5 Å². The molecule has 2 amide bonds. The minimum Gasteiger partial charge on any atom is -0.493 e. The van der Waals surface area contributed by atoms with Crippen molar-refractivity contribution in [3.05, 3.63) is 33.9 Å². The van der Waals surface area contributed by atoms with Gasteiger partial charge in [0.1, 0.15) is 0 Å². The highest BCUT2D eigenvalue weighted by atomic mass is 17.0. The Bertz CT molecular complexity index is 1030. The number of amides is 2. The van der Waals surface area contributed by atoms with E-state index in [0.717, 1.165) is 5.56 Å². The van der Waals surface area contributed by atoms with Crippen LogP contribution in [0.5, 0.6) is 11.5 Å². The number of rotatable bonds is 18. The summed E-state index contributed by atoms with van der Waals surface area (Å²) in [5.41, 5.74) is -1.72. The Hall–Kier alpha value is -3.32. The van der Waals surface area contributed by atoms with Crippen molar-refractivity contribution in [2.24, 2.45) is 11.8 Å². The zero-order chi connectivity index (χ0) is 32.3. The highest BCUT2D eigenvalue weighted by Crippen LogP contribution is 2.33. The molecule has 1 aromatic rings. The summed E-state index contributed by atoms with van der Waals surface area (Å²) < 4.78 is 16.5. The number of nitrogens with one attached hydrogen (secondary N) is 1. The number of hydrogen-bond acceptors (Lipinski definition) is 9. The van der Waals surface area contributed by atoms with Gasteiger partial charge in [-0.2, -0.15) is 0 Å². The van der Waals surface area contributed by atoms with Gasteiger partial charge in [0.15, 0.2) is 17.1 Å². The van der Waals surface area contributed by atoms with Crippen LogP contribution in [0.2, 0.25) is 0 Å².